The van der Waals surface area contributed by atoms with Crippen molar-refractivity contribution in [2.75, 3.05) is 53.0 Å². The van der Waals surface area contributed by atoms with E-state index in [9.17, 15) is 4.79 Å². The number of carbonyl (C=O) groups is 1. The van der Waals surface area contributed by atoms with E-state index in [2.05, 4.69) is 10.2 Å². The van der Waals surface area contributed by atoms with Gasteiger partial charge in [-0.15, -0.1) is 0 Å². The van der Waals surface area contributed by atoms with Crippen LogP contribution in [0.15, 0.2) is 48.5 Å². The Morgan fingerprint density at radius 2 is 1.87 bits per heavy atom. The molecule has 1 saturated heterocycles. The lowest BCUT2D eigenvalue weighted by molar-refractivity contribution is 0.0346. The van der Waals surface area contributed by atoms with Crippen LogP contribution in [-0.4, -0.2) is 68.9 Å². The number of benzene rings is 2. The average Bonchev–Trinajstić information content (AvgIpc) is 2.82. The van der Waals surface area contributed by atoms with E-state index in [4.69, 9.17) is 14.2 Å². The zero-order valence-corrected chi connectivity index (χ0v) is 18.5. The Labute approximate surface area is 184 Å². The Kier molecular flexibility index (Phi) is 8.99. The molecule has 31 heavy (non-hydrogen) atoms. The smallest absolute Gasteiger partial charge is 0.317 e. The summed E-state index contributed by atoms with van der Waals surface area (Å²) in [5, 5.41) is 2.92. The molecule has 1 aliphatic rings. The predicted octanol–water partition coefficient (Wildman–Crippen LogP) is 3.14. The molecular weight excluding hydrogens is 394 g/mol. The molecule has 0 radical (unpaired) electrons. The molecule has 0 aliphatic carbocycles. The highest BCUT2D eigenvalue weighted by Gasteiger charge is 2.17. The van der Waals surface area contributed by atoms with Crippen LogP contribution in [0.2, 0.25) is 0 Å². The minimum Gasteiger partial charge on any atom is -0.493 e. The van der Waals surface area contributed by atoms with E-state index in [1.54, 1.807) is 7.11 Å². The van der Waals surface area contributed by atoms with Gasteiger partial charge in [-0.2, -0.15) is 0 Å². The van der Waals surface area contributed by atoms with Gasteiger partial charge in [0.15, 0.2) is 11.5 Å². The van der Waals surface area contributed by atoms with Gasteiger partial charge in [0.25, 0.3) is 0 Å². The standard InChI is InChI=1S/C24H33N3O4/c1-3-25-24(28)27(12-11-26-13-15-30-16-14-26)18-21-9-10-22(23(17-21)29-2)31-19-20-7-5-4-6-8-20/h4-10,17H,3,11-16,18-19H2,1-2H3,(H,25,28). The first-order chi connectivity index (χ1) is 15.2. The third-order valence-corrected chi connectivity index (χ3v) is 5.24. The first-order valence-electron chi connectivity index (χ1n) is 10.9. The van der Waals surface area contributed by atoms with Crippen LogP contribution < -0.4 is 14.8 Å². The summed E-state index contributed by atoms with van der Waals surface area (Å²) in [5.41, 5.74) is 2.09. The third kappa shape index (κ3) is 7.15. The van der Waals surface area contributed by atoms with Crippen molar-refractivity contribution in [2.45, 2.75) is 20.1 Å². The number of amides is 2. The van der Waals surface area contributed by atoms with Crippen LogP contribution >= 0.6 is 0 Å². The molecule has 1 aliphatic heterocycles. The van der Waals surface area contributed by atoms with Crippen molar-refractivity contribution in [1.29, 1.82) is 0 Å². The summed E-state index contributed by atoms with van der Waals surface area (Å²) in [4.78, 5) is 16.8. The van der Waals surface area contributed by atoms with Gasteiger partial charge in [-0.3, -0.25) is 4.90 Å². The van der Waals surface area contributed by atoms with Crippen LogP contribution in [0.3, 0.4) is 0 Å². The Balaban J connectivity index is 1.64. The van der Waals surface area contributed by atoms with Crippen molar-refractivity contribution in [3.05, 3.63) is 59.7 Å². The van der Waals surface area contributed by atoms with E-state index in [-0.39, 0.29) is 6.03 Å². The highest BCUT2D eigenvalue weighted by molar-refractivity contribution is 5.74. The van der Waals surface area contributed by atoms with Gasteiger partial charge >= 0.3 is 6.03 Å². The molecule has 7 heteroatoms. The number of nitrogens with zero attached hydrogens (tertiary/aromatic N) is 2. The number of urea groups is 1. The Bertz CT molecular complexity index is 810. The number of hydrogen-bond acceptors (Lipinski definition) is 5. The molecule has 1 N–H and O–H groups in total. The summed E-state index contributed by atoms with van der Waals surface area (Å²) < 4.78 is 16.9. The molecule has 1 fully saturated rings. The summed E-state index contributed by atoms with van der Waals surface area (Å²) in [6.07, 6.45) is 0. The third-order valence-electron chi connectivity index (χ3n) is 5.24. The predicted molar refractivity (Wildman–Crippen MR) is 121 cm³/mol. The summed E-state index contributed by atoms with van der Waals surface area (Å²) in [6.45, 7) is 8.31. The maximum absolute atomic E-state index is 12.6. The highest BCUT2D eigenvalue weighted by Crippen LogP contribution is 2.29. The lowest BCUT2D eigenvalue weighted by Gasteiger charge is -2.30. The molecule has 2 aromatic carbocycles. The lowest BCUT2D eigenvalue weighted by Crippen LogP contribution is -2.45. The molecule has 0 aromatic heterocycles. The first kappa shape index (κ1) is 22.9. The summed E-state index contributed by atoms with van der Waals surface area (Å²) >= 11 is 0. The van der Waals surface area contributed by atoms with E-state index < -0.39 is 0 Å². The minimum absolute atomic E-state index is 0.0564. The Hall–Kier alpha value is -2.77. The van der Waals surface area contributed by atoms with E-state index in [1.165, 1.54) is 0 Å². The average molecular weight is 428 g/mol. The number of carbonyl (C=O) groups excluding carboxylic acids is 1. The van der Waals surface area contributed by atoms with Crippen molar-refractivity contribution in [3.8, 4) is 11.5 Å². The monoisotopic (exact) mass is 427 g/mol. The normalized spacial score (nSPS) is 14.1. The molecule has 0 unspecified atom stereocenters. The summed E-state index contributed by atoms with van der Waals surface area (Å²) in [7, 11) is 1.63. The molecule has 1 heterocycles. The number of rotatable bonds is 10. The topological polar surface area (TPSA) is 63.3 Å². The molecule has 0 saturated carbocycles. The highest BCUT2D eigenvalue weighted by atomic mass is 16.5. The molecular formula is C24H33N3O4. The zero-order valence-electron chi connectivity index (χ0n) is 18.5. The summed E-state index contributed by atoms with van der Waals surface area (Å²) in [6, 6.07) is 15.8. The fourth-order valence-electron chi connectivity index (χ4n) is 3.49. The second kappa shape index (κ2) is 12.2. The summed E-state index contributed by atoms with van der Waals surface area (Å²) in [5.74, 6) is 1.35. The molecule has 168 valence electrons. The van der Waals surface area contributed by atoms with Gasteiger partial charge in [-0.1, -0.05) is 36.4 Å². The van der Waals surface area contributed by atoms with Crippen LogP contribution in [0, 0.1) is 0 Å². The number of ether oxygens (including phenoxy) is 3. The van der Waals surface area contributed by atoms with Gasteiger partial charge in [0, 0.05) is 39.3 Å². The Morgan fingerprint density at radius 3 is 2.58 bits per heavy atom. The fourth-order valence-corrected chi connectivity index (χ4v) is 3.49. The minimum atomic E-state index is -0.0564. The largest absolute Gasteiger partial charge is 0.493 e. The molecule has 0 atom stereocenters. The molecule has 0 spiro atoms. The van der Waals surface area contributed by atoms with E-state index in [1.807, 2.05) is 60.4 Å². The maximum atomic E-state index is 12.6. The molecule has 7 nitrogen and oxygen atoms in total. The number of morpholine rings is 1. The van der Waals surface area contributed by atoms with Crippen LogP contribution in [-0.2, 0) is 17.9 Å². The second-order valence-electron chi connectivity index (χ2n) is 7.47. The second-order valence-corrected chi connectivity index (χ2v) is 7.47. The quantitative estimate of drug-likeness (QED) is 0.631. The SMILES string of the molecule is CCNC(=O)N(CCN1CCOCC1)Cc1ccc(OCc2ccccc2)c(OC)c1. The van der Waals surface area contributed by atoms with Gasteiger partial charge in [0.2, 0.25) is 0 Å². The number of nitrogens with one attached hydrogen (secondary N) is 1. The van der Waals surface area contributed by atoms with Crippen molar-refractivity contribution in [1.82, 2.24) is 15.1 Å². The van der Waals surface area contributed by atoms with Crippen molar-refractivity contribution < 1.29 is 19.0 Å². The van der Waals surface area contributed by atoms with E-state index >= 15 is 0 Å². The first-order valence-corrected chi connectivity index (χ1v) is 10.9. The van der Waals surface area contributed by atoms with Gasteiger partial charge < -0.3 is 24.4 Å². The van der Waals surface area contributed by atoms with Crippen LogP contribution in [0.1, 0.15) is 18.1 Å². The van der Waals surface area contributed by atoms with Crippen molar-refractivity contribution in [2.24, 2.45) is 0 Å². The van der Waals surface area contributed by atoms with E-state index in [0.29, 0.717) is 37.7 Å². The molecule has 3 rings (SSSR count). The number of methoxy groups -OCH3 is 1. The van der Waals surface area contributed by atoms with E-state index in [0.717, 1.165) is 44.0 Å². The Morgan fingerprint density at radius 1 is 1.10 bits per heavy atom. The van der Waals surface area contributed by atoms with Gasteiger partial charge in [-0.25, -0.2) is 4.79 Å². The molecule has 2 amide bonds. The van der Waals surface area contributed by atoms with Crippen molar-refractivity contribution in [3.63, 3.8) is 0 Å². The van der Waals surface area contributed by atoms with Crippen LogP contribution in [0.25, 0.3) is 0 Å². The van der Waals surface area contributed by atoms with Gasteiger partial charge in [0.1, 0.15) is 6.61 Å². The van der Waals surface area contributed by atoms with Crippen LogP contribution in [0.4, 0.5) is 4.79 Å². The van der Waals surface area contributed by atoms with Crippen LogP contribution in [0.5, 0.6) is 11.5 Å². The molecule has 2 aromatic rings. The maximum Gasteiger partial charge on any atom is 0.317 e. The van der Waals surface area contributed by atoms with Gasteiger partial charge in [-0.05, 0) is 30.2 Å². The van der Waals surface area contributed by atoms with Crippen molar-refractivity contribution >= 4 is 6.03 Å². The lowest BCUT2D eigenvalue weighted by atomic mass is 10.2. The van der Waals surface area contributed by atoms with Gasteiger partial charge in [0.05, 0.1) is 20.3 Å². The number of hydrogen-bond donors (Lipinski definition) is 1. The molecule has 0 bridgehead atoms. The fraction of sp³-hybridized carbons (Fsp3) is 0.458. The zero-order chi connectivity index (χ0) is 21.9.